The number of benzene rings is 1. The fourth-order valence-electron chi connectivity index (χ4n) is 3.67. The molecule has 1 saturated carbocycles. The molecule has 0 bridgehead atoms. The maximum absolute atomic E-state index is 12.3. The summed E-state index contributed by atoms with van der Waals surface area (Å²) in [6, 6.07) is 11.2. The normalized spacial score (nSPS) is 19.3. The molecule has 144 valence electrons. The van der Waals surface area contributed by atoms with E-state index in [-0.39, 0.29) is 23.4 Å². The fourth-order valence-corrected chi connectivity index (χ4v) is 3.84. The number of carbonyl (C=O) groups is 1. The Balaban J connectivity index is 1.36. The molecular weight excluding hydrogens is 376 g/mol. The van der Waals surface area contributed by atoms with Gasteiger partial charge in [0.1, 0.15) is 5.75 Å². The van der Waals surface area contributed by atoms with Crippen LogP contribution < -0.4 is 10.6 Å². The molecule has 0 aliphatic heterocycles. The van der Waals surface area contributed by atoms with Crippen LogP contribution in [0.3, 0.4) is 0 Å². The summed E-state index contributed by atoms with van der Waals surface area (Å²) in [6.45, 7) is 0. The molecule has 28 heavy (non-hydrogen) atoms. The van der Waals surface area contributed by atoms with Crippen molar-refractivity contribution in [3.8, 4) is 5.75 Å². The maximum atomic E-state index is 12.3. The number of nitrogens with one attached hydrogen (secondary N) is 2. The van der Waals surface area contributed by atoms with Crippen LogP contribution in [0.2, 0.25) is 5.02 Å². The minimum absolute atomic E-state index is 0.0738. The van der Waals surface area contributed by atoms with Crippen molar-refractivity contribution >= 4 is 34.1 Å². The van der Waals surface area contributed by atoms with Crippen LogP contribution in [0.5, 0.6) is 5.75 Å². The molecule has 7 heteroatoms. The van der Waals surface area contributed by atoms with Gasteiger partial charge in [-0.05, 0) is 62.1 Å². The molecule has 3 aromatic rings. The van der Waals surface area contributed by atoms with Gasteiger partial charge in [-0.2, -0.15) is 0 Å². The van der Waals surface area contributed by atoms with Gasteiger partial charge in [-0.1, -0.05) is 11.6 Å². The summed E-state index contributed by atoms with van der Waals surface area (Å²) >= 11 is 6.06. The predicted molar refractivity (Wildman–Crippen MR) is 110 cm³/mol. The Morgan fingerprint density at radius 1 is 1.04 bits per heavy atom. The second kappa shape index (κ2) is 8.02. The lowest BCUT2D eigenvalue weighted by molar-refractivity contribution is 0.0918. The number of fused-ring (bicyclic) bond motifs is 1. The molecule has 6 nitrogen and oxygen atoms in total. The molecule has 0 saturated heterocycles. The molecule has 1 fully saturated rings. The minimum atomic E-state index is -0.327. The predicted octanol–water partition coefficient (Wildman–Crippen LogP) is 4.14. The first-order valence-electron chi connectivity index (χ1n) is 9.36. The third-order valence-electron chi connectivity index (χ3n) is 5.13. The quantitative estimate of drug-likeness (QED) is 0.616. The third-order valence-corrected chi connectivity index (χ3v) is 5.36. The molecule has 2 aromatic heterocycles. The van der Waals surface area contributed by atoms with Crippen molar-refractivity contribution in [3.63, 3.8) is 0 Å². The average molecular weight is 397 g/mol. The standard InChI is InChI=1S/C21H21ClN4O2/c22-13-3-8-16-17(9-11-23-18(16)12-13)25-14-4-6-15(7-5-14)26-21(28)20-19(27)2-1-10-24-20/h1-3,8-12,14-15,27H,4-7H2,(H,23,25)(H,26,28). The highest BCUT2D eigenvalue weighted by Gasteiger charge is 2.24. The number of carbonyl (C=O) groups excluding carboxylic acids is 1. The molecule has 0 spiro atoms. The van der Waals surface area contributed by atoms with Crippen molar-refractivity contribution in [1.82, 2.24) is 15.3 Å². The van der Waals surface area contributed by atoms with Gasteiger partial charge < -0.3 is 15.7 Å². The van der Waals surface area contributed by atoms with E-state index in [1.807, 2.05) is 24.3 Å². The van der Waals surface area contributed by atoms with Gasteiger partial charge in [-0.25, -0.2) is 4.98 Å². The summed E-state index contributed by atoms with van der Waals surface area (Å²) < 4.78 is 0. The molecule has 1 amide bonds. The number of hydrogen-bond acceptors (Lipinski definition) is 5. The number of nitrogens with zero attached hydrogens (tertiary/aromatic N) is 2. The number of amides is 1. The van der Waals surface area contributed by atoms with Gasteiger partial charge in [0, 0.05) is 40.6 Å². The first kappa shape index (κ1) is 18.5. The van der Waals surface area contributed by atoms with E-state index in [1.165, 1.54) is 12.3 Å². The van der Waals surface area contributed by atoms with E-state index < -0.39 is 0 Å². The highest BCUT2D eigenvalue weighted by molar-refractivity contribution is 6.31. The van der Waals surface area contributed by atoms with Crippen molar-refractivity contribution in [2.45, 2.75) is 37.8 Å². The zero-order chi connectivity index (χ0) is 19.5. The van der Waals surface area contributed by atoms with Crippen molar-refractivity contribution in [3.05, 3.63) is 59.5 Å². The fraction of sp³-hybridized carbons (Fsp3) is 0.286. The van der Waals surface area contributed by atoms with E-state index in [0.29, 0.717) is 11.1 Å². The second-order valence-electron chi connectivity index (χ2n) is 7.06. The Bertz CT molecular complexity index is 1000. The van der Waals surface area contributed by atoms with Crippen molar-refractivity contribution in [1.29, 1.82) is 0 Å². The number of aromatic nitrogens is 2. The van der Waals surface area contributed by atoms with E-state index >= 15 is 0 Å². The Hall–Kier alpha value is -2.86. The summed E-state index contributed by atoms with van der Waals surface area (Å²) in [5.74, 6) is -0.425. The summed E-state index contributed by atoms with van der Waals surface area (Å²) in [6.07, 6.45) is 6.90. The number of rotatable bonds is 4. The van der Waals surface area contributed by atoms with Gasteiger partial charge >= 0.3 is 0 Å². The molecule has 0 atom stereocenters. The van der Waals surface area contributed by atoms with Crippen LogP contribution in [0, 0.1) is 0 Å². The number of pyridine rings is 2. The van der Waals surface area contributed by atoms with Crippen molar-refractivity contribution in [2.24, 2.45) is 0 Å². The lowest BCUT2D eigenvalue weighted by atomic mass is 9.90. The lowest BCUT2D eigenvalue weighted by Gasteiger charge is -2.30. The van der Waals surface area contributed by atoms with Crippen LogP contribution in [-0.4, -0.2) is 33.1 Å². The Morgan fingerprint density at radius 3 is 2.61 bits per heavy atom. The highest BCUT2D eigenvalue weighted by atomic mass is 35.5. The van der Waals surface area contributed by atoms with Crippen molar-refractivity contribution < 1.29 is 9.90 Å². The Morgan fingerprint density at radius 2 is 1.82 bits per heavy atom. The van der Waals surface area contributed by atoms with Crippen LogP contribution in [-0.2, 0) is 0 Å². The SMILES string of the molecule is O=C(NC1CCC(Nc2ccnc3cc(Cl)ccc23)CC1)c1ncccc1O. The number of halogens is 1. The number of hydrogen-bond donors (Lipinski definition) is 3. The smallest absolute Gasteiger partial charge is 0.273 e. The minimum Gasteiger partial charge on any atom is -0.505 e. The van der Waals surface area contributed by atoms with Gasteiger partial charge in [0.15, 0.2) is 5.69 Å². The van der Waals surface area contributed by atoms with E-state index in [2.05, 4.69) is 20.6 Å². The first-order chi connectivity index (χ1) is 13.6. The van der Waals surface area contributed by atoms with Crippen LogP contribution in [0.15, 0.2) is 48.8 Å². The number of anilines is 1. The molecule has 4 rings (SSSR count). The maximum Gasteiger partial charge on any atom is 0.273 e. The van der Waals surface area contributed by atoms with E-state index in [1.54, 1.807) is 12.3 Å². The molecule has 0 unspecified atom stereocenters. The van der Waals surface area contributed by atoms with Gasteiger partial charge in [-0.15, -0.1) is 0 Å². The molecule has 1 aliphatic carbocycles. The summed E-state index contributed by atoms with van der Waals surface area (Å²) in [5.41, 5.74) is 1.99. The van der Waals surface area contributed by atoms with Gasteiger partial charge in [0.25, 0.3) is 5.91 Å². The lowest BCUT2D eigenvalue weighted by Crippen LogP contribution is -2.40. The average Bonchev–Trinajstić information content (AvgIpc) is 2.69. The Kier molecular flexibility index (Phi) is 5.30. The van der Waals surface area contributed by atoms with E-state index in [0.717, 1.165) is 42.3 Å². The third kappa shape index (κ3) is 4.02. The zero-order valence-corrected chi connectivity index (χ0v) is 16.0. The van der Waals surface area contributed by atoms with E-state index in [4.69, 9.17) is 11.6 Å². The monoisotopic (exact) mass is 396 g/mol. The first-order valence-corrected chi connectivity index (χ1v) is 9.73. The van der Waals surface area contributed by atoms with Gasteiger partial charge in [-0.3, -0.25) is 9.78 Å². The van der Waals surface area contributed by atoms with Crippen molar-refractivity contribution in [2.75, 3.05) is 5.32 Å². The van der Waals surface area contributed by atoms with Crippen LogP contribution in [0.1, 0.15) is 36.2 Å². The van der Waals surface area contributed by atoms with Crippen LogP contribution in [0.4, 0.5) is 5.69 Å². The number of aromatic hydroxyl groups is 1. The molecule has 2 heterocycles. The Labute approximate surface area is 168 Å². The molecule has 0 radical (unpaired) electrons. The summed E-state index contributed by atoms with van der Waals surface area (Å²) in [4.78, 5) is 20.7. The van der Waals surface area contributed by atoms with Crippen LogP contribution in [0.25, 0.3) is 10.9 Å². The van der Waals surface area contributed by atoms with Gasteiger partial charge in [0.05, 0.1) is 5.52 Å². The molecule has 1 aliphatic rings. The zero-order valence-electron chi connectivity index (χ0n) is 15.2. The molecule has 3 N–H and O–H groups in total. The largest absolute Gasteiger partial charge is 0.505 e. The second-order valence-corrected chi connectivity index (χ2v) is 7.49. The molecular formula is C21H21ClN4O2. The van der Waals surface area contributed by atoms with Crippen LogP contribution >= 0.6 is 11.6 Å². The van der Waals surface area contributed by atoms with Gasteiger partial charge in [0.2, 0.25) is 0 Å². The highest BCUT2D eigenvalue weighted by Crippen LogP contribution is 2.28. The summed E-state index contributed by atoms with van der Waals surface area (Å²) in [5, 5.41) is 18.1. The van der Waals surface area contributed by atoms with E-state index in [9.17, 15) is 9.90 Å². The topological polar surface area (TPSA) is 87.1 Å². The molecule has 1 aromatic carbocycles. The summed E-state index contributed by atoms with van der Waals surface area (Å²) in [7, 11) is 0.